The summed E-state index contributed by atoms with van der Waals surface area (Å²) in [7, 11) is 0. The fourth-order valence-corrected chi connectivity index (χ4v) is 8.19. The summed E-state index contributed by atoms with van der Waals surface area (Å²) in [6.07, 6.45) is 25.6. The van der Waals surface area contributed by atoms with Crippen molar-refractivity contribution in [2.45, 2.75) is 91.9 Å². The number of rotatable bonds is 8. The third-order valence-electron chi connectivity index (χ3n) is 10.8. The van der Waals surface area contributed by atoms with E-state index in [1.807, 2.05) is 0 Å². The van der Waals surface area contributed by atoms with Crippen molar-refractivity contribution in [3.8, 4) is 0 Å². The Kier molecular flexibility index (Phi) is 10.9. The van der Waals surface area contributed by atoms with Gasteiger partial charge in [0.2, 0.25) is 0 Å². The van der Waals surface area contributed by atoms with Gasteiger partial charge in [-0.05, 0) is 126 Å². The number of hydrogen-bond donors (Lipinski definition) is 0. The van der Waals surface area contributed by atoms with Gasteiger partial charge < -0.3 is 9.64 Å². The van der Waals surface area contributed by atoms with Gasteiger partial charge in [-0.1, -0.05) is 60.9 Å². The number of likely N-dealkylation sites (tertiary alicyclic amines) is 1. The van der Waals surface area contributed by atoms with E-state index in [-0.39, 0.29) is 0 Å². The monoisotopic (exact) mass is 558 g/mol. The molecule has 2 aliphatic heterocycles. The fourth-order valence-electron chi connectivity index (χ4n) is 8.19. The average molecular weight is 559 g/mol. The van der Waals surface area contributed by atoms with Crippen LogP contribution in [0.3, 0.4) is 0 Å². The lowest BCUT2D eigenvalue weighted by Crippen LogP contribution is -2.37. The average Bonchev–Trinajstić information content (AvgIpc) is 3.42. The Balaban J connectivity index is 1.22. The summed E-state index contributed by atoms with van der Waals surface area (Å²) >= 11 is 0. The van der Waals surface area contributed by atoms with Crippen LogP contribution in [0.1, 0.15) is 91.9 Å². The zero-order valence-electron chi connectivity index (χ0n) is 26.8. The van der Waals surface area contributed by atoms with E-state index in [0.29, 0.717) is 17.8 Å². The topological polar surface area (TPSA) is 15.7 Å². The van der Waals surface area contributed by atoms with E-state index in [9.17, 15) is 0 Å². The normalized spacial score (nSPS) is 31.1. The summed E-state index contributed by atoms with van der Waals surface area (Å²) in [5.41, 5.74) is 9.25. The van der Waals surface area contributed by atoms with Crippen LogP contribution in [0.4, 0.5) is 0 Å². The Morgan fingerprint density at radius 2 is 1.73 bits per heavy atom. The first-order valence-electron chi connectivity index (χ1n) is 17.1. The molecule has 3 heteroatoms. The first-order chi connectivity index (χ1) is 19.9. The van der Waals surface area contributed by atoms with Crippen LogP contribution >= 0.6 is 0 Å². The molecule has 41 heavy (non-hydrogen) atoms. The van der Waals surface area contributed by atoms with E-state index in [0.717, 1.165) is 43.7 Å². The van der Waals surface area contributed by atoms with E-state index in [2.05, 4.69) is 74.5 Å². The van der Waals surface area contributed by atoms with Crippen molar-refractivity contribution < 1.29 is 4.74 Å². The summed E-state index contributed by atoms with van der Waals surface area (Å²) in [6.45, 7) is 21.4. The summed E-state index contributed by atoms with van der Waals surface area (Å²) in [6, 6.07) is 0. The largest absolute Gasteiger partial charge is 0.379 e. The van der Waals surface area contributed by atoms with Crippen LogP contribution in [0.15, 0.2) is 70.5 Å². The highest BCUT2D eigenvalue weighted by Gasteiger charge is 2.32. The third-order valence-corrected chi connectivity index (χ3v) is 10.8. The highest BCUT2D eigenvalue weighted by Crippen LogP contribution is 2.46. The molecule has 0 bridgehead atoms. The predicted octanol–water partition coefficient (Wildman–Crippen LogP) is 8.88. The van der Waals surface area contributed by atoms with Crippen molar-refractivity contribution in [2.75, 3.05) is 45.9 Å². The van der Waals surface area contributed by atoms with Crippen LogP contribution in [-0.4, -0.2) is 55.7 Å². The van der Waals surface area contributed by atoms with Crippen molar-refractivity contribution >= 4 is 0 Å². The number of morpholine rings is 1. The Morgan fingerprint density at radius 3 is 2.46 bits per heavy atom. The number of hydrogen-bond acceptors (Lipinski definition) is 3. The molecule has 0 N–H and O–H groups in total. The number of allylic oxidation sites excluding steroid dienone is 10. The van der Waals surface area contributed by atoms with Gasteiger partial charge in [0.15, 0.2) is 0 Å². The predicted molar refractivity (Wildman–Crippen MR) is 175 cm³/mol. The van der Waals surface area contributed by atoms with E-state index in [1.165, 1.54) is 89.5 Å². The van der Waals surface area contributed by atoms with Gasteiger partial charge in [-0.2, -0.15) is 0 Å². The van der Waals surface area contributed by atoms with Crippen LogP contribution in [0.5, 0.6) is 0 Å². The second-order valence-electron chi connectivity index (χ2n) is 14.3. The van der Waals surface area contributed by atoms with Crippen molar-refractivity contribution in [1.29, 1.82) is 0 Å². The molecule has 5 aliphatic rings. The summed E-state index contributed by atoms with van der Waals surface area (Å²) in [5.74, 6) is 3.61. The SMILES string of the molecule is C=C(C)C=C(C=C(C)C1CC2=C(C=CC(C3=CC(CCN4CCOCC4)CC3)C2)CC1C)N1CCCC(C)CCC1. The zero-order valence-corrected chi connectivity index (χ0v) is 26.8. The molecule has 2 heterocycles. The van der Waals surface area contributed by atoms with Crippen LogP contribution in [0.25, 0.3) is 0 Å². The Labute approximate surface area is 252 Å². The molecule has 0 radical (unpaired) electrons. The second-order valence-corrected chi connectivity index (χ2v) is 14.3. The Hall–Kier alpha value is -1.84. The minimum Gasteiger partial charge on any atom is -0.379 e. The number of nitrogens with zero attached hydrogens (tertiary/aromatic N) is 2. The van der Waals surface area contributed by atoms with Crippen LogP contribution in [0, 0.1) is 29.6 Å². The highest BCUT2D eigenvalue weighted by molar-refractivity contribution is 5.39. The molecule has 2 saturated heterocycles. The van der Waals surface area contributed by atoms with Crippen molar-refractivity contribution in [3.63, 3.8) is 0 Å². The van der Waals surface area contributed by atoms with Gasteiger partial charge in [0.05, 0.1) is 13.2 Å². The Bertz CT molecular complexity index is 1060. The second kappa shape index (κ2) is 14.6. The quantitative estimate of drug-likeness (QED) is 0.219. The van der Waals surface area contributed by atoms with Gasteiger partial charge in [-0.3, -0.25) is 4.90 Å². The highest BCUT2D eigenvalue weighted by atomic mass is 16.5. The first kappa shape index (κ1) is 30.6. The van der Waals surface area contributed by atoms with Crippen LogP contribution in [0.2, 0.25) is 0 Å². The van der Waals surface area contributed by atoms with E-state index in [4.69, 9.17) is 4.74 Å². The van der Waals surface area contributed by atoms with Gasteiger partial charge in [0.1, 0.15) is 0 Å². The molecule has 0 aromatic rings. The fraction of sp³-hybridized carbons (Fsp3) is 0.684. The van der Waals surface area contributed by atoms with Crippen LogP contribution < -0.4 is 0 Å². The molecule has 4 atom stereocenters. The maximum Gasteiger partial charge on any atom is 0.0594 e. The molecule has 4 unspecified atom stereocenters. The van der Waals surface area contributed by atoms with Gasteiger partial charge in [-0.25, -0.2) is 0 Å². The maximum absolute atomic E-state index is 5.54. The standard InChI is InChI=1S/C38H58N2O/c1-28(2)22-37(40-15-6-8-29(3)9-7-16-40)24-31(5)38-27-36-26-35(13-12-33(36)23-30(38)4)34-11-10-32(25-34)14-17-39-18-20-41-21-19-39/h12-13,22,24-25,29-30,32,35,38H,1,6-11,14-21,23,26-27H2,2-5H3. The molecule has 226 valence electrons. The molecular formula is C38H58N2O. The summed E-state index contributed by atoms with van der Waals surface area (Å²) in [4.78, 5) is 5.25. The smallest absolute Gasteiger partial charge is 0.0594 e. The summed E-state index contributed by atoms with van der Waals surface area (Å²) < 4.78 is 5.54. The lowest BCUT2D eigenvalue weighted by Gasteiger charge is -2.37. The van der Waals surface area contributed by atoms with E-state index < -0.39 is 0 Å². The molecule has 0 spiro atoms. The molecular weight excluding hydrogens is 500 g/mol. The van der Waals surface area contributed by atoms with Gasteiger partial charge in [0, 0.05) is 37.8 Å². The molecule has 0 amide bonds. The zero-order chi connectivity index (χ0) is 28.8. The minimum absolute atomic E-state index is 0.628. The van der Waals surface area contributed by atoms with Gasteiger partial charge >= 0.3 is 0 Å². The van der Waals surface area contributed by atoms with E-state index >= 15 is 0 Å². The molecule has 0 aromatic carbocycles. The third kappa shape index (κ3) is 8.38. The lowest BCUT2D eigenvalue weighted by molar-refractivity contribution is 0.0361. The minimum atomic E-state index is 0.628. The first-order valence-corrected chi connectivity index (χ1v) is 17.1. The molecule has 0 aromatic heterocycles. The van der Waals surface area contributed by atoms with Gasteiger partial charge in [-0.15, -0.1) is 0 Å². The number of ether oxygens (including phenoxy) is 1. The Morgan fingerprint density at radius 1 is 0.976 bits per heavy atom. The van der Waals surface area contributed by atoms with Crippen molar-refractivity contribution in [1.82, 2.24) is 9.80 Å². The molecule has 5 rings (SSSR count). The molecule has 2 fully saturated rings. The lowest BCUT2D eigenvalue weighted by atomic mass is 9.69. The van der Waals surface area contributed by atoms with E-state index in [1.54, 1.807) is 22.3 Å². The van der Waals surface area contributed by atoms with Crippen molar-refractivity contribution in [3.05, 3.63) is 70.5 Å². The molecule has 3 nitrogen and oxygen atoms in total. The van der Waals surface area contributed by atoms with Crippen molar-refractivity contribution in [2.24, 2.45) is 29.6 Å². The maximum atomic E-state index is 5.54. The molecule has 0 saturated carbocycles. The summed E-state index contributed by atoms with van der Waals surface area (Å²) in [5, 5.41) is 0. The van der Waals surface area contributed by atoms with Crippen LogP contribution in [-0.2, 0) is 4.74 Å². The molecule has 3 aliphatic carbocycles. The van der Waals surface area contributed by atoms with Gasteiger partial charge in [0.25, 0.3) is 0 Å².